The molecule has 2 nitrogen and oxygen atoms in total. The van der Waals surface area contributed by atoms with Crippen LogP contribution in [0.1, 0.15) is 27.0 Å². The zero-order valence-corrected chi connectivity index (χ0v) is 11.4. The molecule has 0 spiro atoms. The maximum atomic E-state index is 12.2. The van der Waals surface area contributed by atoms with Crippen molar-refractivity contribution in [2.24, 2.45) is 0 Å². The molecule has 0 amide bonds. The first-order chi connectivity index (χ1) is 9.74. The molecule has 2 aromatic rings. The normalized spacial score (nSPS) is 13.2. The lowest BCUT2D eigenvalue weighted by Crippen LogP contribution is -1.95. The summed E-state index contributed by atoms with van der Waals surface area (Å²) in [6.07, 6.45) is 4.40. The molecule has 0 N–H and O–H groups in total. The highest BCUT2D eigenvalue weighted by molar-refractivity contribution is 6.07. The van der Waals surface area contributed by atoms with Crippen molar-refractivity contribution in [3.05, 3.63) is 70.8 Å². The monoisotopic (exact) mass is 264 g/mol. The van der Waals surface area contributed by atoms with Gasteiger partial charge in [-0.1, -0.05) is 30.3 Å². The third-order valence-electron chi connectivity index (χ3n) is 3.58. The van der Waals surface area contributed by atoms with Crippen LogP contribution in [0.4, 0.5) is 0 Å². The standard InChI is InChI=1S/C18H16O2/c1-13-4-2-3-5-14(13)6-8-17(19)15-7-9-18-16(12-15)10-11-20-18/h2-9,12H,10-11H2,1H3/b8-6+. The smallest absolute Gasteiger partial charge is 0.185 e. The molecule has 0 aromatic heterocycles. The van der Waals surface area contributed by atoms with Gasteiger partial charge in [0, 0.05) is 12.0 Å². The van der Waals surface area contributed by atoms with Crippen LogP contribution in [0, 0.1) is 6.92 Å². The summed E-state index contributed by atoms with van der Waals surface area (Å²) in [5.74, 6) is 0.937. The summed E-state index contributed by atoms with van der Waals surface area (Å²) in [6.45, 7) is 2.75. The summed E-state index contributed by atoms with van der Waals surface area (Å²) in [4.78, 5) is 12.2. The highest BCUT2D eigenvalue weighted by Gasteiger charge is 2.13. The molecule has 20 heavy (non-hydrogen) atoms. The number of benzene rings is 2. The molecule has 0 aliphatic carbocycles. The highest BCUT2D eigenvalue weighted by Crippen LogP contribution is 2.26. The molecule has 1 aliphatic rings. The summed E-state index contributed by atoms with van der Waals surface area (Å²) in [5.41, 5.74) is 4.09. The SMILES string of the molecule is Cc1ccccc1/C=C/C(=O)c1ccc2c(c1)CCO2. The van der Waals surface area contributed by atoms with E-state index in [0.29, 0.717) is 6.61 Å². The Labute approximate surface area is 118 Å². The third-order valence-corrected chi connectivity index (χ3v) is 3.58. The number of carbonyl (C=O) groups is 1. The van der Waals surface area contributed by atoms with Gasteiger partial charge in [-0.2, -0.15) is 0 Å². The first-order valence-corrected chi connectivity index (χ1v) is 6.78. The van der Waals surface area contributed by atoms with Crippen LogP contribution >= 0.6 is 0 Å². The van der Waals surface area contributed by atoms with E-state index >= 15 is 0 Å². The average molecular weight is 264 g/mol. The molecule has 0 radical (unpaired) electrons. The number of allylic oxidation sites excluding steroid dienone is 1. The number of ether oxygens (including phenoxy) is 1. The Morgan fingerprint density at radius 3 is 2.90 bits per heavy atom. The molecule has 2 heteroatoms. The summed E-state index contributed by atoms with van der Waals surface area (Å²) in [5, 5.41) is 0. The van der Waals surface area contributed by atoms with Crippen molar-refractivity contribution in [1.82, 2.24) is 0 Å². The van der Waals surface area contributed by atoms with Gasteiger partial charge in [0.15, 0.2) is 5.78 Å². The summed E-state index contributed by atoms with van der Waals surface area (Å²) in [7, 11) is 0. The van der Waals surface area contributed by atoms with Crippen LogP contribution in [-0.2, 0) is 6.42 Å². The Bertz CT molecular complexity index is 684. The van der Waals surface area contributed by atoms with Gasteiger partial charge in [0.25, 0.3) is 0 Å². The quantitative estimate of drug-likeness (QED) is 0.622. The second kappa shape index (κ2) is 5.33. The first kappa shape index (κ1) is 12.7. The fourth-order valence-corrected chi connectivity index (χ4v) is 2.38. The molecule has 0 saturated carbocycles. The minimum absolute atomic E-state index is 0.0305. The number of fused-ring (bicyclic) bond motifs is 1. The van der Waals surface area contributed by atoms with E-state index < -0.39 is 0 Å². The third kappa shape index (κ3) is 2.50. The van der Waals surface area contributed by atoms with Crippen LogP contribution in [0.5, 0.6) is 5.75 Å². The van der Waals surface area contributed by atoms with E-state index in [1.807, 2.05) is 55.5 Å². The molecule has 3 rings (SSSR count). The Hall–Kier alpha value is -2.35. The zero-order valence-electron chi connectivity index (χ0n) is 11.4. The Balaban J connectivity index is 1.81. The van der Waals surface area contributed by atoms with Gasteiger partial charge in [0.1, 0.15) is 5.75 Å². The van der Waals surface area contributed by atoms with E-state index in [0.717, 1.165) is 28.9 Å². The first-order valence-electron chi connectivity index (χ1n) is 6.78. The Kier molecular flexibility index (Phi) is 3.38. The van der Waals surface area contributed by atoms with E-state index in [2.05, 4.69) is 0 Å². The Morgan fingerprint density at radius 1 is 1.20 bits per heavy atom. The predicted molar refractivity (Wildman–Crippen MR) is 80.2 cm³/mol. The van der Waals surface area contributed by atoms with Crippen molar-refractivity contribution in [2.75, 3.05) is 6.61 Å². The van der Waals surface area contributed by atoms with Crippen LogP contribution < -0.4 is 4.74 Å². The number of ketones is 1. The van der Waals surface area contributed by atoms with Crippen molar-refractivity contribution in [3.63, 3.8) is 0 Å². The minimum atomic E-state index is 0.0305. The number of aryl methyl sites for hydroxylation is 1. The molecule has 2 aromatic carbocycles. The Morgan fingerprint density at radius 2 is 2.05 bits per heavy atom. The van der Waals surface area contributed by atoms with Gasteiger partial charge in [-0.25, -0.2) is 0 Å². The molecular formula is C18H16O2. The van der Waals surface area contributed by atoms with Crippen molar-refractivity contribution >= 4 is 11.9 Å². The number of hydrogen-bond donors (Lipinski definition) is 0. The maximum absolute atomic E-state index is 12.2. The largest absolute Gasteiger partial charge is 0.493 e. The maximum Gasteiger partial charge on any atom is 0.185 e. The molecule has 0 bridgehead atoms. The van der Waals surface area contributed by atoms with Crippen molar-refractivity contribution in [1.29, 1.82) is 0 Å². The molecule has 1 aliphatic heterocycles. The topological polar surface area (TPSA) is 26.3 Å². The van der Waals surface area contributed by atoms with E-state index in [-0.39, 0.29) is 5.78 Å². The van der Waals surface area contributed by atoms with Crippen LogP contribution in [0.15, 0.2) is 48.5 Å². The second-order valence-corrected chi connectivity index (χ2v) is 4.98. The van der Waals surface area contributed by atoms with E-state index in [1.54, 1.807) is 6.08 Å². The zero-order chi connectivity index (χ0) is 13.9. The van der Waals surface area contributed by atoms with Gasteiger partial charge in [-0.15, -0.1) is 0 Å². The lowest BCUT2D eigenvalue weighted by molar-refractivity contribution is 0.104. The molecule has 0 atom stereocenters. The summed E-state index contributed by atoms with van der Waals surface area (Å²) < 4.78 is 5.45. The fraction of sp³-hybridized carbons (Fsp3) is 0.167. The van der Waals surface area contributed by atoms with Crippen LogP contribution in [0.3, 0.4) is 0 Å². The van der Waals surface area contributed by atoms with Gasteiger partial charge in [0.2, 0.25) is 0 Å². The van der Waals surface area contributed by atoms with Crippen molar-refractivity contribution < 1.29 is 9.53 Å². The second-order valence-electron chi connectivity index (χ2n) is 4.98. The van der Waals surface area contributed by atoms with Crippen molar-refractivity contribution in [2.45, 2.75) is 13.3 Å². The number of hydrogen-bond acceptors (Lipinski definition) is 2. The highest BCUT2D eigenvalue weighted by atomic mass is 16.5. The van der Waals surface area contributed by atoms with Crippen LogP contribution in [0.2, 0.25) is 0 Å². The predicted octanol–water partition coefficient (Wildman–Crippen LogP) is 3.83. The van der Waals surface area contributed by atoms with Crippen LogP contribution in [0.25, 0.3) is 6.08 Å². The van der Waals surface area contributed by atoms with E-state index in [4.69, 9.17) is 4.74 Å². The molecule has 0 fully saturated rings. The molecule has 100 valence electrons. The van der Waals surface area contributed by atoms with Gasteiger partial charge in [0.05, 0.1) is 6.61 Å². The molecular weight excluding hydrogens is 248 g/mol. The lowest BCUT2D eigenvalue weighted by Gasteiger charge is -2.01. The van der Waals surface area contributed by atoms with E-state index in [1.165, 1.54) is 5.56 Å². The fourth-order valence-electron chi connectivity index (χ4n) is 2.38. The van der Waals surface area contributed by atoms with E-state index in [9.17, 15) is 4.79 Å². The summed E-state index contributed by atoms with van der Waals surface area (Å²) in [6, 6.07) is 13.7. The number of carbonyl (C=O) groups excluding carboxylic acids is 1. The number of rotatable bonds is 3. The molecule has 0 saturated heterocycles. The lowest BCUT2D eigenvalue weighted by atomic mass is 10.0. The van der Waals surface area contributed by atoms with Gasteiger partial charge < -0.3 is 4.74 Å². The average Bonchev–Trinajstić information content (AvgIpc) is 2.93. The summed E-state index contributed by atoms with van der Waals surface area (Å²) >= 11 is 0. The van der Waals surface area contributed by atoms with Crippen molar-refractivity contribution in [3.8, 4) is 5.75 Å². The van der Waals surface area contributed by atoms with Gasteiger partial charge >= 0.3 is 0 Å². The molecule has 1 heterocycles. The van der Waals surface area contributed by atoms with Gasteiger partial charge in [-0.05, 0) is 47.9 Å². The molecule has 0 unspecified atom stereocenters. The van der Waals surface area contributed by atoms with Gasteiger partial charge in [-0.3, -0.25) is 4.79 Å². The van der Waals surface area contributed by atoms with Crippen LogP contribution in [-0.4, -0.2) is 12.4 Å². The minimum Gasteiger partial charge on any atom is -0.493 e.